The molecule has 0 amide bonds. The Morgan fingerprint density at radius 2 is 2.20 bits per heavy atom. The molecule has 1 aromatic carbocycles. The van der Waals surface area contributed by atoms with Crippen molar-refractivity contribution in [3.8, 4) is 5.75 Å². The van der Waals surface area contributed by atoms with Crippen LogP contribution in [0.15, 0.2) is 22.7 Å². The zero-order chi connectivity index (χ0) is 11.1. The molecule has 0 bridgehead atoms. The normalized spacial score (nSPS) is 10.1. The minimum absolute atomic E-state index is 0.870. The van der Waals surface area contributed by atoms with E-state index in [1.165, 1.54) is 5.75 Å². The summed E-state index contributed by atoms with van der Waals surface area (Å²) in [6.45, 7) is 3.16. The number of rotatable bonds is 6. The summed E-state index contributed by atoms with van der Waals surface area (Å²) in [6.07, 6.45) is 0. The van der Waals surface area contributed by atoms with Gasteiger partial charge >= 0.3 is 0 Å². The van der Waals surface area contributed by atoms with E-state index in [0.29, 0.717) is 0 Å². The molecule has 0 fully saturated rings. The number of anilines is 1. The average Bonchev–Trinajstić information content (AvgIpc) is 2.23. The molecule has 15 heavy (non-hydrogen) atoms. The van der Waals surface area contributed by atoms with Gasteiger partial charge in [-0.05, 0) is 17.9 Å². The summed E-state index contributed by atoms with van der Waals surface area (Å²) in [5, 5.41) is 3.36. The molecule has 0 unspecified atom stereocenters. The van der Waals surface area contributed by atoms with Gasteiger partial charge in [0.2, 0.25) is 0 Å². The molecule has 0 aliphatic carbocycles. The van der Waals surface area contributed by atoms with E-state index in [1.807, 2.05) is 23.9 Å². The van der Waals surface area contributed by atoms with Gasteiger partial charge in [0.15, 0.2) is 0 Å². The number of nitrogens with one attached hydrogen (secondary N) is 1. The van der Waals surface area contributed by atoms with E-state index in [1.54, 1.807) is 7.11 Å². The molecule has 0 aromatic heterocycles. The summed E-state index contributed by atoms with van der Waals surface area (Å²) in [5.41, 5.74) is 1.10. The van der Waals surface area contributed by atoms with E-state index in [4.69, 9.17) is 4.74 Å². The molecule has 0 aliphatic rings. The van der Waals surface area contributed by atoms with Crippen molar-refractivity contribution in [2.45, 2.75) is 6.92 Å². The second kappa shape index (κ2) is 7.01. The topological polar surface area (TPSA) is 21.3 Å². The highest BCUT2D eigenvalue weighted by molar-refractivity contribution is 9.10. The van der Waals surface area contributed by atoms with Crippen LogP contribution in [0.3, 0.4) is 0 Å². The van der Waals surface area contributed by atoms with E-state index >= 15 is 0 Å². The van der Waals surface area contributed by atoms with Crippen molar-refractivity contribution in [2.24, 2.45) is 0 Å². The Bertz CT molecular complexity index is 307. The minimum Gasteiger partial charge on any atom is -0.497 e. The van der Waals surface area contributed by atoms with Crippen LogP contribution < -0.4 is 10.1 Å². The molecular formula is C11H16BrNOS. The summed E-state index contributed by atoms with van der Waals surface area (Å²) >= 11 is 5.39. The quantitative estimate of drug-likeness (QED) is 0.808. The van der Waals surface area contributed by atoms with Gasteiger partial charge < -0.3 is 10.1 Å². The maximum Gasteiger partial charge on any atom is 0.122 e. The molecule has 0 radical (unpaired) electrons. The van der Waals surface area contributed by atoms with Crippen LogP contribution in [-0.2, 0) is 0 Å². The van der Waals surface area contributed by atoms with Gasteiger partial charge in [-0.1, -0.05) is 22.9 Å². The number of benzene rings is 1. The molecule has 0 spiro atoms. The monoisotopic (exact) mass is 289 g/mol. The minimum atomic E-state index is 0.870. The van der Waals surface area contributed by atoms with Crippen LogP contribution in [0.4, 0.5) is 5.69 Å². The fourth-order valence-corrected chi connectivity index (χ4v) is 2.20. The zero-order valence-corrected chi connectivity index (χ0v) is 11.5. The number of thioether (sulfide) groups is 1. The van der Waals surface area contributed by atoms with Crippen molar-refractivity contribution < 1.29 is 4.74 Å². The summed E-state index contributed by atoms with van der Waals surface area (Å²) in [6, 6.07) is 6.01. The predicted octanol–water partition coefficient (Wildman–Crippen LogP) is 3.62. The lowest BCUT2D eigenvalue weighted by Crippen LogP contribution is -2.04. The molecular weight excluding hydrogens is 274 g/mol. The molecule has 0 saturated carbocycles. The maximum atomic E-state index is 5.19. The Morgan fingerprint density at radius 3 is 2.87 bits per heavy atom. The first-order valence-electron chi connectivity index (χ1n) is 4.92. The van der Waals surface area contributed by atoms with E-state index in [-0.39, 0.29) is 0 Å². The molecule has 84 valence electrons. The van der Waals surface area contributed by atoms with Crippen molar-refractivity contribution in [3.63, 3.8) is 0 Å². The van der Waals surface area contributed by atoms with Crippen molar-refractivity contribution in [2.75, 3.05) is 30.5 Å². The third-order valence-electron chi connectivity index (χ3n) is 1.89. The molecule has 1 rings (SSSR count). The van der Waals surface area contributed by atoms with Crippen LogP contribution in [0.5, 0.6) is 5.75 Å². The second-order valence-electron chi connectivity index (χ2n) is 3.00. The van der Waals surface area contributed by atoms with Crippen molar-refractivity contribution >= 4 is 33.4 Å². The van der Waals surface area contributed by atoms with E-state index in [0.717, 1.165) is 28.2 Å². The summed E-state index contributed by atoms with van der Waals surface area (Å²) in [7, 11) is 1.68. The third kappa shape index (κ3) is 4.80. The van der Waals surface area contributed by atoms with Crippen LogP contribution in [0.25, 0.3) is 0 Å². The van der Waals surface area contributed by atoms with Gasteiger partial charge in [-0.2, -0.15) is 11.8 Å². The maximum absolute atomic E-state index is 5.19. The van der Waals surface area contributed by atoms with Crippen molar-refractivity contribution in [1.29, 1.82) is 0 Å². The van der Waals surface area contributed by atoms with Crippen LogP contribution in [0.1, 0.15) is 6.92 Å². The highest BCUT2D eigenvalue weighted by Gasteiger charge is 1.98. The predicted molar refractivity (Wildman–Crippen MR) is 72.2 cm³/mol. The fourth-order valence-electron chi connectivity index (χ4n) is 1.19. The van der Waals surface area contributed by atoms with Crippen LogP contribution in [0, 0.1) is 0 Å². The highest BCUT2D eigenvalue weighted by Crippen LogP contribution is 2.24. The number of hydrogen-bond acceptors (Lipinski definition) is 3. The smallest absolute Gasteiger partial charge is 0.122 e. The standard InChI is InChI=1S/C11H16BrNOS/c1-3-15-5-4-13-10-6-9(12)7-11(8-10)14-2/h6-8,13H,3-5H2,1-2H3. The van der Waals surface area contributed by atoms with Crippen molar-refractivity contribution in [1.82, 2.24) is 0 Å². The van der Waals surface area contributed by atoms with Gasteiger partial charge in [-0.3, -0.25) is 0 Å². The lowest BCUT2D eigenvalue weighted by molar-refractivity contribution is 0.414. The van der Waals surface area contributed by atoms with Crippen LogP contribution in [0.2, 0.25) is 0 Å². The molecule has 1 N–H and O–H groups in total. The fraction of sp³-hybridized carbons (Fsp3) is 0.455. The number of ether oxygens (including phenoxy) is 1. The first kappa shape index (κ1) is 12.7. The van der Waals surface area contributed by atoms with Gasteiger partial charge in [-0.15, -0.1) is 0 Å². The van der Waals surface area contributed by atoms with Crippen molar-refractivity contribution in [3.05, 3.63) is 22.7 Å². The Kier molecular flexibility index (Phi) is 5.95. The van der Waals surface area contributed by atoms with Crippen LogP contribution >= 0.6 is 27.7 Å². The zero-order valence-electron chi connectivity index (χ0n) is 9.05. The van der Waals surface area contributed by atoms with Crippen LogP contribution in [-0.4, -0.2) is 25.2 Å². The molecule has 0 aliphatic heterocycles. The molecule has 2 nitrogen and oxygen atoms in total. The third-order valence-corrected chi connectivity index (χ3v) is 3.25. The Balaban J connectivity index is 2.49. The van der Waals surface area contributed by atoms with Gasteiger partial charge in [0.05, 0.1) is 7.11 Å². The summed E-state index contributed by atoms with van der Waals surface area (Å²) in [5.74, 6) is 3.17. The molecule has 0 atom stereocenters. The lowest BCUT2D eigenvalue weighted by atomic mass is 10.3. The SMILES string of the molecule is CCSCCNc1cc(Br)cc(OC)c1. The Hall–Kier alpha value is -0.350. The highest BCUT2D eigenvalue weighted by atomic mass is 79.9. The first-order chi connectivity index (χ1) is 7.26. The van der Waals surface area contributed by atoms with E-state index in [9.17, 15) is 0 Å². The lowest BCUT2D eigenvalue weighted by Gasteiger charge is -2.08. The van der Waals surface area contributed by atoms with E-state index in [2.05, 4.69) is 34.2 Å². The number of hydrogen-bond donors (Lipinski definition) is 1. The summed E-state index contributed by atoms with van der Waals surface area (Å²) in [4.78, 5) is 0. The Labute approximate surface area is 104 Å². The number of halogens is 1. The largest absolute Gasteiger partial charge is 0.497 e. The number of methoxy groups -OCH3 is 1. The summed E-state index contributed by atoms with van der Waals surface area (Å²) < 4.78 is 6.22. The molecule has 0 saturated heterocycles. The Morgan fingerprint density at radius 1 is 1.40 bits per heavy atom. The van der Waals surface area contributed by atoms with E-state index < -0.39 is 0 Å². The molecule has 0 heterocycles. The molecule has 4 heteroatoms. The van der Waals surface area contributed by atoms with Gasteiger partial charge in [0.25, 0.3) is 0 Å². The van der Waals surface area contributed by atoms with Gasteiger partial charge in [0.1, 0.15) is 5.75 Å². The average molecular weight is 290 g/mol. The van der Waals surface area contributed by atoms with Gasteiger partial charge in [0, 0.05) is 28.5 Å². The van der Waals surface area contributed by atoms with Gasteiger partial charge in [-0.25, -0.2) is 0 Å². The molecule has 1 aromatic rings. The first-order valence-corrected chi connectivity index (χ1v) is 6.87. The second-order valence-corrected chi connectivity index (χ2v) is 5.31.